The molecule has 120 valence electrons. The van der Waals surface area contributed by atoms with E-state index in [2.05, 4.69) is 12.1 Å². The molecular formula is C18H17Cl2NO2. The van der Waals surface area contributed by atoms with Gasteiger partial charge in [0.05, 0.1) is 10.6 Å². The lowest BCUT2D eigenvalue weighted by Crippen LogP contribution is -2.38. The Balaban J connectivity index is 1.72. The Labute approximate surface area is 145 Å². The van der Waals surface area contributed by atoms with E-state index in [1.165, 1.54) is 17.7 Å². The molecule has 0 spiro atoms. The quantitative estimate of drug-likeness (QED) is 0.852. The lowest BCUT2D eigenvalue weighted by molar-refractivity contribution is 0.0710. The van der Waals surface area contributed by atoms with Gasteiger partial charge in [0.15, 0.2) is 0 Å². The van der Waals surface area contributed by atoms with Crippen LogP contribution in [0.3, 0.4) is 0 Å². The van der Waals surface area contributed by atoms with E-state index in [1.807, 2.05) is 18.2 Å². The largest absolute Gasteiger partial charge is 0.507 e. The van der Waals surface area contributed by atoms with Crippen LogP contribution in [0.15, 0.2) is 42.5 Å². The minimum absolute atomic E-state index is 0.134. The van der Waals surface area contributed by atoms with Crippen molar-refractivity contribution in [2.45, 2.75) is 18.8 Å². The summed E-state index contributed by atoms with van der Waals surface area (Å²) >= 11 is 11.9. The summed E-state index contributed by atoms with van der Waals surface area (Å²) in [7, 11) is 0. The number of phenols is 1. The van der Waals surface area contributed by atoms with E-state index in [-0.39, 0.29) is 22.2 Å². The number of rotatable bonds is 2. The van der Waals surface area contributed by atoms with Gasteiger partial charge >= 0.3 is 0 Å². The molecule has 0 atom stereocenters. The van der Waals surface area contributed by atoms with Crippen LogP contribution in [0, 0.1) is 0 Å². The molecule has 0 saturated carbocycles. The second-order valence-corrected chi connectivity index (χ2v) is 6.60. The first kappa shape index (κ1) is 16.2. The van der Waals surface area contributed by atoms with Gasteiger partial charge in [0.25, 0.3) is 5.91 Å². The lowest BCUT2D eigenvalue weighted by atomic mass is 9.89. The fourth-order valence-electron chi connectivity index (χ4n) is 3.07. The number of amides is 1. The predicted molar refractivity (Wildman–Crippen MR) is 92.4 cm³/mol. The zero-order chi connectivity index (χ0) is 16.4. The summed E-state index contributed by atoms with van der Waals surface area (Å²) in [5, 5.41) is 10.5. The summed E-state index contributed by atoms with van der Waals surface area (Å²) in [6.45, 7) is 1.30. The van der Waals surface area contributed by atoms with E-state index in [0.717, 1.165) is 12.8 Å². The first-order valence-corrected chi connectivity index (χ1v) is 8.34. The molecule has 0 radical (unpaired) electrons. The number of hydrogen-bond donors (Lipinski definition) is 1. The van der Waals surface area contributed by atoms with Crippen molar-refractivity contribution in [1.82, 2.24) is 4.90 Å². The van der Waals surface area contributed by atoms with E-state index in [0.29, 0.717) is 24.0 Å². The van der Waals surface area contributed by atoms with Crippen molar-refractivity contribution in [2.24, 2.45) is 0 Å². The number of halogens is 2. The third-order valence-corrected chi connectivity index (χ3v) is 4.82. The highest BCUT2D eigenvalue weighted by molar-refractivity contribution is 6.37. The number of hydrogen-bond acceptors (Lipinski definition) is 2. The van der Waals surface area contributed by atoms with E-state index in [9.17, 15) is 9.90 Å². The Hall–Kier alpha value is -1.71. The molecule has 3 nitrogen and oxygen atoms in total. The maximum atomic E-state index is 12.6. The fraction of sp³-hybridized carbons (Fsp3) is 0.278. The van der Waals surface area contributed by atoms with E-state index >= 15 is 0 Å². The van der Waals surface area contributed by atoms with Gasteiger partial charge in [-0.15, -0.1) is 0 Å². The molecule has 1 aliphatic rings. The molecule has 1 fully saturated rings. The number of benzene rings is 2. The zero-order valence-corrected chi connectivity index (χ0v) is 14.0. The van der Waals surface area contributed by atoms with Crippen LogP contribution in [0.4, 0.5) is 0 Å². The van der Waals surface area contributed by atoms with Crippen molar-refractivity contribution in [3.63, 3.8) is 0 Å². The SMILES string of the molecule is O=C(c1c(O)cc(Cl)cc1Cl)N1CCC(c2ccccc2)CC1. The van der Waals surface area contributed by atoms with Gasteiger partial charge in [0.1, 0.15) is 5.75 Å². The van der Waals surface area contributed by atoms with Crippen LogP contribution in [0.1, 0.15) is 34.7 Å². The minimum Gasteiger partial charge on any atom is -0.507 e. The summed E-state index contributed by atoms with van der Waals surface area (Å²) in [4.78, 5) is 14.4. The van der Waals surface area contributed by atoms with Gasteiger partial charge in [-0.2, -0.15) is 0 Å². The van der Waals surface area contributed by atoms with Gasteiger partial charge in [0, 0.05) is 18.1 Å². The number of phenolic OH excluding ortho intramolecular Hbond substituents is 1. The molecule has 1 amide bonds. The molecule has 1 heterocycles. The third kappa shape index (κ3) is 3.46. The summed E-state index contributed by atoms with van der Waals surface area (Å²) in [6, 6.07) is 13.2. The summed E-state index contributed by atoms with van der Waals surface area (Å²) in [5.41, 5.74) is 1.45. The molecule has 1 aliphatic heterocycles. The Kier molecular flexibility index (Phi) is 4.79. The van der Waals surface area contributed by atoms with E-state index in [4.69, 9.17) is 23.2 Å². The van der Waals surface area contributed by atoms with Gasteiger partial charge in [-0.25, -0.2) is 0 Å². The highest BCUT2D eigenvalue weighted by Crippen LogP contribution is 2.33. The van der Waals surface area contributed by atoms with Crippen LogP contribution >= 0.6 is 23.2 Å². The van der Waals surface area contributed by atoms with Crippen molar-refractivity contribution < 1.29 is 9.90 Å². The lowest BCUT2D eigenvalue weighted by Gasteiger charge is -2.32. The second-order valence-electron chi connectivity index (χ2n) is 5.76. The Morgan fingerprint density at radius 2 is 1.74 bits per heavy atom. The second kappa shape index (κ2) is 6.81. The Morgan fingerprint density at radius 1 is 1.09 bits per heavy atom. The van der Waals surface area contributed by atoms with Crippen molar-refractivity contribution >= 4 is 29.1 Å². The number of carbonyl (C=O) groups excluding carboxylic acids is 1. The van der Waals surface area contributed by atoms with Crippen LogP contribution in [0.5, 0.6) is 5.75 Å². The average molecular weight is 350 g/mol. The molecule has 0 aliphatic carbocycles. The summed E-state index contributed by atoms with van der Waals surface area (Å²) in [6.07, 6.45) is 1.81. The Bertz CT molecular complexity index is 687. The van der Waals surface area contributed by atoms with Crippen LogP contribution < -0.4 is 0 Å². The molecule has 0 aromatic heterocycles. The zero-order valence-electron chi connectivity index (χ0n) is 12.5. The monoisotopic (exact) mass is 349 g/mol. The van der Waals surface area contributed by atoms with Crippen LogP contribution in [-0.4, -0.2) is 29.0 Å². The highest BCUT2D eigenvalue weighted by Gasteiger charge is 2.27. The number of likely N-dealkylation sites (tertiary alicyclic amines) is 1. The molecule has 23 heavy (non-hydrogen) atoms. The topological polar surface area (TPSA) is 40.5 Å². The summed E-state index contributed by atoms with van der Waals surface area (Å²) < 4.78 is 0. The smallest absolute Gasteiger partial charge is 0.259 e. The van der Waals surface area contributed by atoms with Crippen molar-refractivity contribution in [2.75, 3.05) is 13.1 Å². The Morgan fingerprint density at radius 3 is 2.35 bits per heavy atom. The predicted octanol–water partition coefficient (Wildman–Crippen LogP) is 4.72. The molecule has 0 unspecified atom stereocenters. The normalized spacial score (nSPS) is 15.7. The minimum atomic E-state index is -0.240. The average Bonchev–Trinajstić information content (AvgIpc) is 2.55. The molecule has 2 aromatic rings. The number of piperidine rings is 1. The van der Waals surface area contributed by atoms with Crippen molar-refractivity contribution in [3.8, 4) is 5.75 Å². The maximum absolute atomic E-state index is 12.6. The molecule has 1 N–H and O–H groups in total. The van der Waals surface area contributed by atoms with Gasteiger partial charge in [-0.05, 0) is 36.5 Å². The molecule has 3 rings (SSSR count). The van der Waals surface area contributed by atoms with E-state index in [1.54, 1.807) is 4.90 Å². The maximum Gasteiger partial charge on any atom is 0.259 e. The van der Waals surface area contributed by atoms with Crippen LogP contribution in [0.2, 0.25) is 10.0 Å². The summed E-state index contributed by atoms with van der Waals surface area (Å²) in [5.74, 6) is 0.0582. The van der Waals surface area contributed by atoms with Gasteiger partial charge in [0.2, 0.25) is 0 Å². The first-order valence-electron chi connectivity index (χ1n) is 7.58. The standard InChI is InChI=1S/C18H17Cl2NO2/c19-14-10-15(20)17(16(22)11-14)18(23)21-8-6-13(7-9-21)12-4-2-1-3-5-12/h1-5,10-11,13,22H,6-9H2. The third-order valence-electron chi connectivity index (χ3n) is 4.30. The van der Waals surface area contributed by atoms with Crippen molar-refractivity contribution in [3.05, 3.63) is 63.6 Å². The van der Waals surface area contributed by atoms with Crippen LogP contribution in [0.25, 0.3) is 0 Å². The fourth-order valence-corrected chi connectivity index (χ4v) is 3.63. The number of nitrogens with zero attached hydrogens (tertiary/aromatic N) is 1. The van der Waals surface area contributed by atoms with Gasteiger partial charge in [-0.3, -0.25) is 4.79 Å². The molecule has 0 bridgehead atoms. The van der Waals surface area contributed by atoms with Crippen LogP contribution in [-0.2, 0) is 0 Å². The van der Waals surface area contributed by atoms with Gasteiger partial charge in [-0.1, -0.05) is 53.5 Å². The molecular weight excluding hydrogens is 333 g/mol. The molecule has 5 heteroatoms. The molecule has 1 saturated heterocycles. The van der Waals surface area contributed by atoms with E-state index < -0.39 is 0 Å². The first-order chi connectivity index (χ1) is 11.1. The molecule has 2 aromatic carbocycles. The van der Waals surface area contributed by atoms with Crippen molar-refractivity contribution in [1.29, 1.82) is 0 Å². The number of aromatic hydroxyl groups is 1. The highest BCUT2D eigenvalue weighted by atomic mass is 35.5. The number of carbonyl (C=O) groups is 1. The van der Waals surface area contributed by atoms with Gasteiger partial charge < -0.3 is 10.0 Å².